The van der Waals surface area contributed by atoms with Crippen molar-refractivity contribution < 1.29 is 9.47 Å². The lowest BCUT2D eigenvalue weighted by molar-refractivity contribution is 0.305. The van der Waals surface area contributed by atoms with Gasteiger partial charge < -0.3 is 15.2 Å². The van der Waals surface area contributed by atoms with Gasteiger partial charge >= 0.3 is 0 Å². The summed E-state index contributed by atoms with van der Waals surface area (Å²) < 4.78 is 12.5. The van der Waals surface area contributed by atoms with Crippen LogP contribution < -0.4 is 15.2 Å². The summed E-state index contributed by atoms with van der Waals surface area (Å²) in [6, 6.07) is 5.33. The third kappa shape index (κ3) is 2.69. The van der Waals surface area contributed by atoms with E-state index in [2.05, 4.69) is 5.10 Å². The summed E-state index contributed by atoms with van der Waals surface area (Å²) in [4.78, 5) is 0. The lowest BCUT2D eigenvalue weighted by Gasteiger charge is -2.09. The Balaban J connectivity index is 2.07. The summed E-state index contributed by atoms with van der Waals surface area (Å²) in [7, 11) is 3.47. The highest BCUT2D eigenvalue weighted by Gasteiger charge is 2.04. The molecule has 0 aliphatic rings. The Bertz CT molecular complexity index is 508. The van der Waals surface area contributed by atoms with Crippen molar-refractivity contribution in [2.45, 2.75) is 6.61 Å². The molecule has 5 heteroatoms. The summed E-state index contributed by atoms with van der Waals surface area (Å²) >= 11 is 0. The summed E-state index contributed by atoms with van der Waals surface area (Å²) in [5.74, 6) is 1.34. The predicted molar refractivity (Wildman–Crippen MR) is 64.9 cm³/mol. The van der Waals surface area contributed by atoms with E-state index in [4.69, 9.17) is 15.2 Å². The average molecular weight is 233 g/mol. The maximum Gasteiger partial charge on any atom is 0.146 e. The van der Waals surface area contributed by atoms with Gasteiger partial charge in [0.05, 0.1) is 19.0 Å². The number of nitrogens with two attached hydrogens (primary N) is 1. The highest BCUT2D eigenvalue weighted by molar-refractivity contribution is 5.55. The monoisotopic (exact) mass is 233 g/mol. The van der Waals surface area contributed by atoms with E-state index >= 15 is 0 Å². The van der Waals surface area contributed by atoms with Gasteiger partial charge in [0.1, 0.15) is 18.1 Å². The fraction of sp³-hybridized carbons (Fsp3) is 0.250. The smallest absolute Gasteiger partial charge is 0.146 e. The number of benzene rings is 1. The molecule has 0 radical (unpaired) electrons. The molecule has 0 aliphatic carbocycles. The van der Waals surface area contributed by atoms with Crippen molar-refractivity contribution >= 4 is 5.69 Å². The molecule has 2 aromatic rings. The van der Waals surface area contributed by atoms with Crippen LogP contribution in [0.5, 0.6) is 11.5 Å². The highest BCUT2D eigenvalue weighted by atomic mass is 16.5. The number of hydrogen-bond acceptors (Lipinski definition) is 4. The van der Waals surface area contributed by atoms with E-state index in [-0.39, 0.29) is 0 Å². The molecule has 0 saturated carbocycles. The Morgan fingerprint density at radius 1 is 1.41 bits per heavy atom. The van der Waals surface area contributed by atoms with E-state index in [0.29, 0.717) is 18.0 Å². The predicted octanol–water partition coefficient (Wildman–Crippen LogP) is 1.59. The molecule has 5 nitrogen and oxygen atoms in total. The Morgan fingerprint density at radius 3 is 2.88 bits per heavy atom. The Morgan fingerprint density at radius 2 is 2.24 bits per heavy atom. The van der Waals surface area contributed by atoms with Crippen LogP contribution in [0, 0.1) is 0 Å². The Labute approximate surface area is 99.8 Å². The zero-order chi connectivity index (χ0) is 12.3. The van der Waals surface area contributed by atoms with Crippen molar-refractivity contribution in [3.63, 3.8) is 0 Å². The van der Waals surface area contributed by atoms with Crippen LogP contribution in [-0.2, 0) is 13.7 Å². The Hall–Kier alpha value is -2.17. The molecule has 0 spiro atoms. The quantitative estimate of drug-likeness (QED) is 0.814. The van der Waals surface area contributed by atoms with Gasteiger partial charge in [-0.3, -0.25) is 4.68 Å². The van der Waals surface area contributed by atoms with Crippen LogP contribution in [0.3, 0.4) is 0 Å². The molecule has 0 amide bonds. The maximum absolute atomic E-state index is 5.81. The summed E-state index contributed by atoms with van der Waals surface area (Å²) in [6.45, 7) is 0.436. The molecule has 2 N–H and O–H groups in total. The molecule has 0 atom stereocenters. The molecule has 17 heavy (non-hydrogen) atoms. The first-order valence-electron chi connectivity index (χ1n) is 5.23. The van der Waals surface area contributed by atoms with Crippen molar-refractivity contribution in [2.24, 2.45) is 7.05 Å². The molecule has 0 aliphatic heterocycles. The van der Waals surface area contributed by atoms with E-state index in [1.54, 1.807) is 36.2 Å². The lowest BCUT2D eigenvalue weighted by Crippen LogP contribution is -1.98. The molecule has 2 rings (SSSR count). The molecule has 0 saturated heterocycles. The van der Waals surface area contributed by atoms with Gasteiger partial charge in [-0.15, -0.1) is 0 Å². The van der Waals surface area contributed by atoms with Gasteiger partial charge in [0.15, 0.2) is 0 Å². The van der Waals surface area contributed by atoms with Gasteiger partial charge in [0, 0.05) is 24.9 Å². The first-order chi connectivity index (χ1) is 8.19. The van der Waals surface area contributed by atoms with Crippen molar-refractivity contribution in [3.05, 3.63) is 36.2 Å². The molecule has 0 unspecified atom stereocenters. The largest absolute Gasteiger partial charge is 0.497 e. The van der Waals surface area contributed by atoms with Crippen molar-refractivity contribution in [1.82, 2.24) is 9.78 Å². The maximum atomic E-state index is 5.81. The van der Waals surface area contributed by atoms with Crippen LogP contribution in [0.1, 0.15) is 5.56 Å². The molecular formula is C12H15N3O2. The minimum atomic E-state index is 0.436. The standard InChI is InChI=1S/C12H15N3O2/c1-15-7-9(6-14-15)8-17-12-5-10(16-2)3-4-11(12)13/h3-7H,8,13H2,1-2H3. The summed E-state index contributed by atoms with van der Waals surface area (Å²) in [5.41, 5.74) is 7.40. The summed E-state index contributed by atoms with van der Waals surface area (Å²) in [6.07, 6.45) is 3.66. The molecule has 1 heterocycles. The van der Waals surface area contributed by atoms with Crippen molar-refractivity contribution in [2.75, 3.05) is 12.8 Å². The number of nitrogens with zero attached hydrogens (tertiary/aromatic N) is 2. The first-order valence-corrected chi connectivity index (χ1v) is 5.23. The van der Waals surface area contributed by atoms with Gasteiger partial charge in [-0.25, -0.2) is 0 Å². The highest BCUT2D eigenvalue weighted by Crippen LogP contribution is 2.27. The SMILES string of the molecule is COc1ccc(N)c(OCc2cnn(C)c2)c1. The van der Waals surface area contributed by atoms with Gasteiger partial charge in [0.25, 0.3) is 0 Å². The molecular weight excluding hydrogens is 218 g/mol. The summed E-state index contributed by atoms with van der Waals surface area (Å²) in [5, 5.41) is 4.07. The van der Waals surface area contributed by atoms with Gasteiger partial charge in [-0.1, -0.05) is 0 Å². The van der Waals surface area contributed by atoms with Crippen LogP contribution in [-0.4, -0.2) is 16.9 Å². The zero-order valence-electron chi connectivity index (χ0n) is 9.88. The van der Waals surface area contributed by atoms with Crippen LogP contribution in [0.2, 0.25) is 0 Å². The second-order valence-electron chi connectivity index (χ2n) is 3.71. The van der Waals surface area contributed by atoms with Crippen LogP contribution in [0.25, 0.3) is 0 Å². The zero-order valence-corrected chi connectivity index (χ0v) is 9.88. The third-order valence-electron chi connectivity index (χ3n) is 2.37. The average Bonchev–Trinajstić information content (AvgIpc) is 2.74. The second-order valence-corrected chi connectivity index (χ2v) is 3.71. The fourth-order valence-electron chi connectivity index (χ4n) is 1.47. The van der Waals surface area contributed by atoms with E-state index in [0.717, 1.165) is 11.3 Å². The lowest BCUT2D eigenvalue weighted by atomic mass is 10.3. The minimum Gasteiger partial charge on any atom is -0.497 e. The molecule has 0 fully saturated rings. The molecule has 1 aromatic heterocycles. The number of aromatic nitrogens is 2. The van der Waals surface area contributed by atoms with Crippen molar-refractivity contribution in [1.29, 1.82) is 0 Å². The normalized spacial score (nSPS) is 10.2. The van der Waals surface area contributed by atoms with Crippen LogP contribution >= 0.6 is 0 Å². The number of nitrogen functional groups attached to an aromatic ring is 1. The van der Waals surface area contributed by atoms with E-state index in [1.165, 1.54) is 0 Å². The van der Waals surface area contributed by atoms with Gasteiger partial charge in [0.2, 0.25) is 0 Å². The number of aryl methyl sites for hydroxylation is 1. The molecule has 90 valence electrons. The van der Waals surface area contributed by atoms with Gasteiger partial charge in [-0.05, 0) is 12.1 Å². The minimum absolute atomic E-state index is 0.436. The van der Waals surface area contributed by atoms with Crippen molar-refractivity contribution in [3.8, 4) is 11.5 Å². The third-order valence-corrected chi connectivity index (χ3v) is 2.37. The van der Waals surface area contributed by atoms with E-state index in [1.807, 2.05) is 13.2 Å². The van der Waals surface area contributed by atoms with E-state index < -0.39 is 0 Å². The second kappa shape index (κ2) is 4.78. The fourth-order valence-corrected chi connectivity index (χ4v) is 1.47. The van der Waals surface area contributed by atoms with E-state index in [9.17, 15) is 0 Å². The number of hydrogen-bond donors (Lipinski definition) is 1. The number of methoxy groups -OCH3 is 1. The van der Waals surface area contributed by atoms with Crippen LogP contribution in [0.4, 0.5) is 5.69 Å². The Kier molecular flexibility index (Phi) is 3.18. The number of anilines is 1. The number of rotatable bonds is 4. The van der Waals surface area contributed by atoms with Gasteiger partial charge in [-0.2, -0.15) is 5.10 Å². The molecule has 1 aromatic carbocycles. The van der Waals surface area contributed by atoms with Crippen LogP contribution in [0.15, 0.2) is 30.6 Å². The first kappa shape index (κ1) is 11.3. The number of ether oxygens (including phenoxy) is 2. The molecule has 0 bridgehead atoms. The topological polar surface area (TPSA) is 62.3 Å².